The smallest absolute Gasteiger partial charge is 0.355 e. The largest absolute Gasteiger partial charge is 0.497 e. The van der Waals surface area contributed by atoms with Crippen LogP contribution >= 0.6 is 11.3 Å². The lowest BCUT2D eigenvalue weighted by molar-refractivity contribution is 0.0690. The van der Waals surface area contributed by atoms with Gasteiger partial charge >= 0.3 is 5.97 Å². The molecule has 1 heterocycles. The lowest BCUT2D eigenvalue weighted by Crippen LogP contribution is -2.00. The van der Waals surface area contributed by atoms with E-state index in [1.54, 1.807) is 7.11 Å². The van der Waals surface area contributed by atoms with Crippen molar-refractivity contribution in [3.63, 3.8) is 0 Å². The van der Waals surface area contributed by atoms with Gasteiger partial charge in [0.1, 0.15) is 10.8 Å². The van der Waals surface area contributed by atoms with Gasteiger partial charge in [-0.25, -0.2) is 9.78 Å². The van der Waals surface area contributed by atoms with E-state index >= 15 is 0 Å². The highest BCUT2D eigenvalue weighted by atomic mass is 32.1. The fourth-order valence-corrected chi connectivity index (χ4v) is 2.93. The number of rotatable bonds is 5. The Bertz CT molecular complexity index is 575. The number of ether oxygens (including phenoxy) is 1. The number of thiazole rings is 1. The van der Waals surface area contributed by atoms with Crippen LogP contribution in [0.15, 0.2) is 24.3 Å². The molecule has 0 spiro atoms. The number of aryl methyl sites for hydroxylation is 1. The van der Waals surface area contributed by atoms with Crippen LogP contribution in [0.4, 0.5) is 0 Å². The van der Waals surface area contributed by atoms with Crippen LogP contribution < -0.4 is 4.74 Å². The molecule has 19 heavy (non-hydrogen) atoms. The van der Waals surface area contributed by atoms with E-state index in [1.807, 2.05) is 31.2 Å². The summed E-state index contributed by atoms with van der Waals surface area (Å²) in [5.74, 6) is -0.188. The summed E-state index contributed by atoms with van der Waals surface area (Å²) in [5.41, 5.74) is 1.09. The third kappa shape index (κ3) is 2.93. The summed E-state index contributed by atoms with van der Waals surface area (Å²) in [6.45, 7) is 2.03. The Morgan fingerprint density at radius 3 is 2.58 bits per heavy atom. The number of nitrogens with zero attached hydrogens (tertiary/aromatic N) is 1. The Morgan fingerprint density at radius 2 is 2.05 bits per heavy atom. The molecule has 0 aliphatic heterocycles. The standard InChI is InChI=1S/C14H15NO3S/c1-3-4-11-12(14(16)17)15-13(19-11)9-5-7-10(18-2)8-6-9/h5-8H,3-4H2,1-2H3,(H,16,17). The summed E-state index contributed by atoms with van der Waals surface area (Å²) in [6.07, 6.45) is 1.65. The van der Waals surface area contributed by atoms with Crippen LogP contribution in [0.25, 0.3) is 10.6 Å². The van der Waals surface area contributed by atoms with E-state index in [-0.39, 0.29) is 5.69 Å². The third-order valence-corrected chi connectivity index (χ3v) is 3.88. The summed E-state index contributed by atoms with van der Waals surface area (Å²) in [7, 11) is 1.61. The molecule has 0 aliphatic carbocycles. The first-order valence-corrected chi connectivity index (χ1v) is 6.84. The molecule has 2 aromatic rings. The van der Waals surface area contributed by atoms with Crippen molar-refractivity contribution in [3.8, 4) is 16.3 Å². The van der Waals surface area contributed by atoms with Crippen LogP contribution in [0.1, 0.15) is 28.7 Å². The first-order valence-electron chi connectivity index (χ1n) is 6.03. The van der Waals surface area contributed by atoms with Crippen LogP contribution in [0.5, 0.6) is 5.75 Å². The van der Waals surface area contributed by atoms with E-state index in [1.165, 1.54) is 11.3 Å². The molecule has 0 saturated heterocycles. The zero-order valence-electron chi connectivity index (χ0n) is 10.8. The van der Waals surface area contributed by atoms with E-state index in [0.29, 0.717) is 0 Å². The summed E-state index contributed by atoms with van der Waals surface area (Å²) < 4.78 is 5.10. The maximum Gasteiger partial charge on any atom is 0.355 e. The highest BCUT2D eigenvalue weighted by Gasteiger charge is 2.17. The number of carboxylic acid groups (broad SMARTS) is 1. The van der Waals surface area contributed by atoms with Crippen LogP contribution in [0, 0.1) is 0 Å². The number of methoxy groups -OCH3 is 1. The first-order chi connectivity index (χ1) is 9.15. The maximum atomic E-state index is 11.2. The summed E-state index contributed by atoms with van der Waals surface area (Å²) in [6, 6.07) is 7.46. The Kier molecular flexibility index (Phi) is 4.16. The van der Waals surface area contributed by atoms with Crippen molar-refractivity contribution in [1.29, 1.82) is 0 Å². The van der Waals surface area contributed by atoms with Crippen molar-refractivity contribution in [3.05, 3.63) is 34.8 Å². The molecule has 0 atom stereocenters. The van der Waals surface area contributed by atoms with E-state index in [4.69, 9.17) is 9.84 Å². The van der Waals surface area contributed by atoms with E-state index in [2.05, 4.69) is 4.98 Å². The molecule has 0 unspecified atom stereocenters. The molecule has 5 heteroatoms. The minimum atomic E-state index is -0.959. The van der Waals surface area contributed by atoms with Gasteiger partial charge in [0.2, 0.25) is 0 Å². The Balaban J connectivity index is 2.38. The van der Waals surface area contributed by atoms with Gasteiger partial charge in [-0.15, -0.1) is 11.3 Å². The third-order valence-electron chi connectivity index (χ3n) is 2.71. The average molecular weight is 277 g/mol. The van der Waals surface area contributed by atoms with E-state index < -0.39 is 5.97 Å². The summed E-state index contributed by atoms with van der Waals surface area (Å²) in [5, 5.41) is 9.90. The van der Waals surface area contributed by atoms with Crippen molar-refractivity contribution in [2.75, 3.05) is 7.11 Å². The zero-order valence-corrected chi connectivity index (χ0v) is 11.7. The van der Waals surface area contributed by atoms with Crippen LogP contribution in [0.3, 0.4) is 0 Å². The van der Waals surface area contributed by atoms with Crippen molar-refractivity contribution in [2.45, 2.75) is 19.8 Å². The van der Waals surface area contributed by atoms with Crippen LogP contribution in [-0.2, 0) is 6.42 Å². The summed E-state index contributed by atoms with van der Waals surface area (Å²) in [4.78, 5) is 16.2. The van der Waals surface area contributed by atoms with Gasteiger partial charge in [0.25, 0.3) is 0 Å². The van der Waals surface area contributed by atoms with Gasteiger partial charge < -0.3 is 9.84 Å². The van der Waals surface area contributed by atoms with E-state index in [9.17, 15) is 4.79 Å². The quantitative estimate of drug-likeness (QED) is 0.909. The number of carboxylic acids is 1. The SMILES string of the molecule is CCCc1sc(-c2ccc(OC)cc2)nc1C(=O)O. The number of carbonyl (C=O) groups is 1. The normalized spacial score (nSPS) is 10.4. The number of hydrogen-bond donors (Lipinski definition) is 1. The molecule has 0 bridgehead atoms. The molecule has 4 nitrogen and oxygen atoms in total. The van der Waals surface area contributed by atoms with Crippen molar-refractivity contribution >= 4 is 17.3 Å². The second-order valence-electron chi connectivity index (χ2n) is 4.07. The number of aromatic carboxylic acids is 1. The minimum absolute atomic E-state index is 0.178. The Hall–Kier alpha value is -1.88. The molecular weight excluding hydrogens is 262 g/mol. The van der Waals surface area contributed by atoms with Gasteiger partial charge in [0, 0.05) is 10.4 Å². The summed E-state index contributed by atoms with van der Waals surface area (Å²) >= 11 is 1.45. The highest BCUT2D eigenvalue weighted by Crippen LogP contribution is 2.30. The van der Waals surface area contributed by atoms with Crippen molar-refractivity contribution in [2.24, 2.45) is 0 Å². The second kappa shape index (κ2) is 5.84. The van der Waals surface area contributed by atoms with Crippen LogP contribution in [0.2, 0.25) is 0 Å². The molecule has 0 amide bonds. The predicted octanol–water partition coefficient (Wildman–Crippen LogP) is 3.47. The van der Waals surface area contributed by atoms with Gasteiger partial charge in [-0.1, -0.05) is 13.3 Å². The topological polar surface area (TPSA) is 59.4 Å². The molecule has 1 N–H and O–H groups in total. The van der Waals surface area contributed by atoms with E-state index in [0.717, 1.165) is 34.0 Å². The molecule has 100 valence electrons. The zero-order chi connectivity index (χ0) is 13.8. The molecule has 0 radical (unpaired) electrons. The van der Waals surface area contributed by atoms with Gasteiger partial charge in [-0.05, 0) is 30.7 Å². The Labute approximate surface area is 115 Å². The number of aromatic nitrogens is 1. The number of hydrogen-bond acceptors (Lipinski definition) is 4. The van der Waals surface area contributed by atoms with Gasteiger partial charge in [0.15, 0.2) is 5.69 Å². The van der Waals surface area contributed by atoms with Gasteiger partial charge in [-0.3, -0.25) is 0 Å². The monoisotopic (exact) mass is 277 g/mol. The minimum Gasteiger partial charge on any atom is -0.497 e. The molecule has 1 aromatic carbocycles. The maximum absolute atomic E-state index is 11.2. The van der Waals surface area contributed by atoms with Crippen molar-refractivity contribution in [1.82, 2.24) is 4.98 Å². The molecule has 0 saturated carbocycles. The van der Waals surface area contributed by atoms with Crippen LogP contribution in [-0.4, -0.2) is 23.2 Å². The lowest BCUT2D eigenvalue weighted by atomic mass is 10.2. The van der Waals surface area contributed by atoms with Gasteiger partial charge in [0.05, 0.1) is 7.11 Å². The number of benzene rings is 1. The molecule has 0 aliphatic rings. The average Bonchev–Trinajstić information content (AvgIpc) is 2.83. The molecule has 0 fully saturated rings. The Morgan fingerprint density at radius 1 is 1.37 bits per heavy atom. The first kappa shape index (κ1) is 13.5. The predicted molar refractivity (Wildman–Crippen MR) is 75.1 cm³/mol. The van der Waals surface area contributed by atoms with Crippen molar-refractivity contribution < 1.29 is 14.6 Å². The van der Waals surface area contributed by atoms with Gasteiger partial charge in [-0.2, -0.15) is 0 Å². The fraction of sp³-hybridized carbons (Fsp3) is 0.286. The fourth-order valence-electron chi connectivity index (χ4n) is 1.77. The molecular formula is C14H15NO3S. The molecule has 2 rings (SSSR count). The highest BCUT2D eigenvalue weighted by molar-refractivity contribution is 7.15. The lowest BCUT2D eigenvalue weighted by Gasteiger charge is -1.99. The second-order valence-corrected chi connectivity index (χ2v) is 5.16. The molecule has 1 aromatic heterocycles.